The third-order valence-electron chi connectivity index (χ3n) is 5.52. The first kappa shape index (κ1) is 19.9. The van der Waals surface area contributed by atoms with Crippen molar-refractivity contribution in [3.05, 3.63) is 88.1 Å². The SMILES string of the molecule is CCCCc1ccc(CC2=C(C(C)(C)C)C([SiH2]c3ccccc3)=CC2)cc1. The molecule has 1 aliphatic carbocycles. The third kappa shape index (κ3) is 5.32. The van der Waals surface area contributed by atoms with Crippen molar-refractivity contribution in [1.29, 1.82) is 0 Å². The summed E-state index contributed by atoms with van der Waals surface area (Å²) in [4.78, 5) is 0. The zero-order chi connectivity index (χ0) is 19.3. The quantitative estimate of drug-likeness (QED) is 0.546. The molecule has 1 aliphatic rings. The fraction of sp³-hybridized carbons (Fsp3) is 0.385. The maximum atomic E-state index is 2.53. The Hall–Kier alpha value is -1.86. The van der Waals surface area contributed by atoms with Crippen molar-refractivity contribution in [1.82, 2.24) is 0 Å². The number of hydrogen-bond acceptors (Lipinski definition) is 0. The van der Waals surface area contributed by atoms with Crippen LogP contribution in [0, 0.1) is 5.41 Å². The van der Waals surface area contributed by atoms with Crippen molar-refractivity contribution in [3.63, 3.8) is 0 Å². The zero-order valence-electron chi connectivity index (χ0n) is 17.5. The van der Waals surface area contributed by atoms with Crippen molar-refractivity contribution in [2.24, 2.45) is 5.41 Å². The first-order valence-corrected chi connectivity index (χ1v) is 11.9. The van der Waals surface area contributed by atoms with Crippen LogP contribution in [0.2, 0.25) is 0 Å². The Morgan fingerprint density at radius 1 is 0.889 bits per heavy atom. The van der Waals surface area contributed by atoms with Crippen molar-refractivity contribution >= 4 is 14.7 Å². The molecule has 0 aliphatic heterocycles. The summed E-state index contributed by atoms with van der Waals surface area (Å²) in [5.41, 5.74) is 6.45. The van der Waals surface area contributed by atoms with Crippen LogP contribution in [0.4, 0.5) is 0 Å². The minimum atomic E-state index is -0.396. The van der Waals surface area contributed by atoms with Gasteiger partial charge in [-0.25, -0.2) is 0 Å². The smallest absolute Gasteiger partial charge is 0.0812 e. The van der Waals surface area contributed by atoms with E-state index in [0.29, 0.717) is 0 Å². The van der Waals surface area contributed by atoms with Gasteiger partial charge in [0.1, 0.15) is 0 Å². The average Bonchev–Trinajstić information content (AvgIpc) is 3.04. The number of rotatable bonds is 7. The van der Waals surface area contributed by atoms with Gasteiger partial charge in [-0.3, -0.25) is 0 Å². The highest BCUT2D eigenvalue weighted by Gasteiger charge is 2.27. The number of allylic oxidation sites excluding steroid dienone is 4. The van der Waals surface area contributed by atoms with Crippen LogP contribution in [-0.2, 0) is 12.8 Å². The summed E-state index contributed by atoms with van der Waals surface area (Å²) in [7, 11) is -0.396. The summed E-state index contributed by atoms with van der Waals surface area (Å²) in [6.45, 7) is 9.41. The highest BCUT2D eigenvalue weighted by Crippen LogP contribution is 2.40. The van der Waals surface area contributed by atoms with Gasteiger partial charge < -0.3 is 0 Å². The fourth-order valence-electron chi connectivity index (χ4n) is 4.28. The summed E-state index contributed by atoms with van der Waals surface area (Å²) in [6, 6.07) is 20.5. The van der Waals surface area contributed by atoms with Crippen LogP contribution in [0.5, 0.6) is 0 Å². The maximum Gasteiger partial charge on any atom is 0.0874 e. The van der Waals surface area contributed by atoms with Gasteiger partial charge >= 0.3 is 0 Å². The van der Waals surface area contributed by atoms with E-state index in [2.05, 4.69) is 88.4 Å². The molecule has 0 nitrogen and oxygen atoms in total. The first-order chi connectivity index (χ1) is 13.0. The highest BCUT2D eigenvalue weighted by molar-refractivity contribution is 6.62. The summed E-state index contributed by atoms with van der Waals surface area (Å²) in [5.74, 6) is 0. The molecule has 0 fully saturated rings. The van der Waals surface area contributed by atoms with Crippen LogP contribution in [-0.4, -0.2) is 9.52 Å². The largest absolute Gasteiger partial charge is 0.0874 e. The van der Waals surface area contributed by atoms with E-state index < -0.39 is 9.52 Å². The predicted octanol–water partition coefficient (Wildman–Crippen LogP) is 5.70. The van der Waals surface area contributed by atoms with Crippen molar-refractivity contribution in [2.45, 2.75) is 59.8 Å². The number of aryl methyl sites for hydroxylation is 1. The molecule has 0 bridgehead atoms. The Morgan fingerprint density at radius 3 is 2.19 bits per heavy atom. The molecular weight excluding hydrogens is 340 g/mol. The maximum absolute atomic E-state index is 2.53. The van der Waals surface area contributed by atoms with Gasteiger partial charge in [-0.05, 0) is 47.8 Å². The van der Waals surface area contributed by atoms with E-state index >= 15 is 0 Å². The monoisotopic (exact) mass is 374 g/mol. The van der Waals surface area contributed by atoms with Crippen LogP contribution in [0.1, 0.15) is 58.1 Å². The van der Waals surface area contributed by atoms with Gasteiger partial charge in [0.25, 0.3) is 0 Å². The van der Waals surface area contributed by atoms with E-state index in [0.717, 1.165) is 12.8 Å². The molecule has 0 amide bonds. The molecule has 0 radical (unpaired) electrons. The molecule has 142 valence electrons. The Bertz CT molecular complexity index is 802. The molecule has 0 saturated carbocycles. The standard InChI is InChI=1S/C26H34Si/c1-5-6-10-20-13-15-21(16-14-20)19-22-17-18-24(25(22)26(2,3)4)27-23-11-8-7-9-12-23/h7-9,11-16,18H,5-6,10,17,19,27H2,1-4H3. The normalized spacial score (nSPS) is 15.0. The van der Waals surface area contributed by atoms with Gasteiger partial charge in [0.05, 0.1) is 9.52 Å². The topological polar surface area (TPSA) is 0 Å². The molecule has 0 N–H and O–H groups in total. The average molecular weight is 375 g/mol. The molecule has 1 heteroatoms. The van der Waals surface area contributed by atoms with Gasteiger partial charge in [-0.15, -0.1) is 0 Å². The molecule has 0 saturated heterocycles. The van der Waals surface area contributed by atoms with Crippen LogP contribution in [0.25, 0.3) is 0 Å². The van der Waals surface area contributed by atoms with Crippen LogP contribution in [0.15, 0.2) is 77.0 Å². The minimum absolute atomic E-state index is 0.223. The van der Waals surface area contributed by atoms with Crippen LogP contribution >= 0.6 is 0 Å². The lowest BCUT2D eigenvalue weighted by molar-refractivity contribution is 0.510. The first-order valence-electron chi connectivity index (χ1n) is 10.5. The third-order valence-corrected chi connectivity index (χ3v) is 7.42. The lowest BCUT2D eigenvalue weighted by Gasteiger charge is -2.26. The van der Waals surface area contributed by atoms with Gasteiger partial charge in [0.2, 0.25) is 0 Å². The van der Waals surface area contributed by atoms with E-state index in [9.17, 15) is 0 Å². The van der Waals surface area contributed by atoms with E-state index in [1.54, 1.807) is 21.5 Å². The number of benzene rings is 2. The fourth-order valence-corrected chi connectivity index (χ4v) is 6.47. The summed E-state index contributed by atoms with van der Waals surface area (Å²) >= 11 is 0. The molecule has 0 atom stereocenters. The predicted molar refractivity (Wildman–Crippen MR) is 123 cm³/mol. The van der Waals surface area contributed by atoms with Gasteiger partial charge in [0, 0.05) is 0 Å². The second-order valence-electron chi connectivity index (χ2n) is 8.92. The van der Waals surface area contributed by atoms with Crippen molar-refractivity contribution in [3.8, 4) is 0 Å². The molecule has 27 heavy (non-hydrogen) atoms. The molecular formula is C26H34Si. The molecule has 2 aromatic carbocycles. The lowest BCUT2D eigenvalue weighted by Crippen LogP contribution is -2.22. The van der Waals surface area contributed by atoms with Crippen LogP contribution < -0.4 is 5.19 Å². The summed E-state index contributed by atoms with van der Waals surface area (Å²) < 4.78 is 0. The number of unbranched alkanes of at least 4 members (excludes halogenated alkanes) is 1. The van der Waals surface area contributed by atoms with Gasteiger partial charge in [0.15, 0.2) is 0 Å². The Labute approximate surface area is 168 Å². The van der Waals surface area contributed by atoms with E-state index in [4.69, 9.17) is 0 Å². The van der Waals surface area contributed by atoms with Gasteiger partial charge in [-0.1, -0.05) is 111 Å². The summed E-state index contributed by atoms with van der Waals surface area (Å²) in [5, 5.41) is 3.22. The molecule has 0 aromatic heterocycles. The molecule has 0 heterocycles. The molecule has 2 aromatic rings. The van der Waals surface area contributed by atoms with E-state index in [1.165, 1.54) is 30.4 Å². The Balaban J connectivity index is 1.79. The van der Waals surface area contributed by atoms with Crippen molar-refractivity contribution < 1.29 is 0 Å². The molecule has 3 rings (SSSR count). The zero-order valence-corrected chi connectivity index (χ0v) is 18.9. The minimum Gasteiger partial charge on any atom is -0.0812 e. The lowest BCUT2D eigenvalue weighted by atomic mass is 9.83. The van der Waals surface area contributed by atoms with Crippen LogP contribution in [0.3, 0.4) is 0 Å². The number of hydrogen-bond donors (Lipinski definition) is 0. The van der Waals surface area contributed by atoms with Crippen molar-refractivity contribution in [2.75, 3.05) is 0 Å². The van der Waals surface area contributed by atoms with E-state index in [1.807, 2.05) is 0 Å². The second kappa shape index (κ2) is 8.88. The second-order valence-corrected chi connectivity index (χ2v) is 10.9. The van der Waals surface area contributed by atoms with E-state index in [-0.39, 0.29) is 5.41 Å². The summed E-state index contributed by atoms with van der Waals surface area (Å²) in [6.07, 6.45) is 8.54. The Kier molecular flexibility index (Phi) is 6.54. The Morgan fingerprint density at radius 2 is 1.56 bits per heavy atom. The van der Waals surface area contributed by atoms with Gasteiger partial charge in [-0.2, -0.15) is 0 Å². The molecule has 0 unspecified atom stereocenters. The highest BCUT2D eigenvalue weighted by atomic mass is 28.2. The molecule has 0 spiro atoms.